The number of aryl methyl sites for hydroxylation is 4. The maximum absolute atomic E-state index is 4.76. The van der Waals surface area contributed by atoms with E-state index >= 15 is 0 Å². The summed E-state index contributed by atoms with van der Waals surface area (Å²) in [6.45, 7) is 6.05. The summed E-state index contributed by atoms with van der Waals surface area (Å²) >= 11 is 0. The van der Waals surface area contributed by atoms with Crippen molar-refractivity contribution in [2.45, 2.75) is 20.8 Å². The second-order valence-corrected chi connectivity index (χ2v) is 6.37. The molecule has 0 saturated heterocycles. The van der Waals surface area contributed by atoms with Crippen molar-refractivity contribution in [2.75, 3.05) is 5.32 Å². The van der Waals surface area contributed by atoms with Crippen LogP contribution in [0.1, 0.15) is 17.0 Å². The molecule has 4 rings (SSSR count). The van der Waals surface area contributed by atoms with Crippen LogP contribution in [0.5, 0.6) is 0 Å². The van der Waals surface area contributed by atoms with E-state index in [2.05, 4.69) is 34.5 Å². The maximum atomic E-state index is 4.76. The summed E-state index contributed by atoms with van der Waals surface area (Å²) in [4.78, 5) is 9.45. The predicted octanol–water partition coefficient (Wildman–Crippen LogP) is 3.82. The molecule has 4 aromatic rings. The number of hydrogen-bond donors (Lipinski definition) is 1. The number of benzene rings is 1. The summed E-state index contributed by atoms with van der Waals surface area (Å²) in [6.07, 6.45) is 1.99. The van der Waals surface area contributed by atoms with E-state index in [1.165, 1.54) is 5.56 Å². The summed E-state index contributed by atoms with van der Waals surface area (Å²) in [7, 11) is 2.00. The molecule has 126 valence electrons. The molecule has 0 amide bonds. The first-order chi connectivity index (χ1) is 12.0. The topological polar surface area (TPSA) is 60.6 Å². The highest BCUT2D eigenvalue weighted by molar-refractivity contribution is 5.89. The fraction of sp³-hybridized carbons (Fsp3) is 0.211. The molecule has 0 aliphatic heterocycles. The zero-order valence-corrected chi connectivity index (χ0v) is 14.8. The molecule has 0 spiro atoms. The van der Waals surface area contributed by atoms with Gasteiger partial charge >= 0.3 is 0 Å². The Balaban J connectivity index is 1.89. The van der Waals surface area contributed by atoms with Crippen LogP contribution in [-0.2, 0) is 7.05 Å². The number of rotatable bonds is 3. The monoisotopic (exact) mass is 332 g/mol. The lowest BCUT2D eigenvalue weighted by atomic mass is 10.2. The molecule has 3 heterocycles. The SMILES string of the molecule is Cc1cccc(Nc2nc(-n3nc(C)cc3C)nc3ccn(C)c23)c1. The first-order valence-electron chi connectivity index (χ1n) is 8.21. The highest BCUT2D eigenvalue weighted by Crippen LogP contribution is 2.26. The predicted molar refractivity (Wildman–Crippen MR) is 99.6 cm³/mol. The molecule has 25 heavy (non-hydrogen) atoms. The zero-order valence-electron chi connectivity index (χ0n) is 14.8. The van der Waals surface area contributed by atoms with Gasteiger partial charge in [0, 0.05) is 24.6 Å². The average Bonchev–Trinajstić information content (AvgIpc) is 3.10. The van der Waals surface area contributed by atoms with E-state index in [0.717, 1.165) is 33.9 Å². The zero-order chi connectivity index (χ0) is 17.6. The minimum atomic E-state index is 0.569. The third kappa shape index (κ3) is 2.76. The largest absolute Gasteiger partial charge is 0.346 e. The van der Waals surface area contributed by atoms with Crippen molar-refractivity contribution in [2.24, 2.45) is 7.05 Å². The molecule has 6 nitrogen and oxygen atoms in total. The molecule has 0 saturated carbocycles. The molecule has 0 aliphatic carbocycles. The van der Waals surface area contributed by atoms with E-state index in [0.29, 0.717) is 5.95 Å². The molecule has 6 heteroatoms. The standard InChI is InChI=1S/C19H20N6/c1-12-6-5-7-15(10-12)20-18-17-16(8-9-24(17)4)21-19(22-18)25-14(3)11-13(2)23-25/h5-11H,1-4H3,(H,20,21,22). The van der Waals surface area contributed by atoms with Crippen molar-refractivity contribution in [1.29, 1.82) is 0 Å². The maximum Gasteiger partial charge on any atom is 0.253 e. The number of anilines is 2. The molecule has 0 bridgehead atoms. The van der Waals surface area contributed by atoms with Crippen LogP contribution >= 0.6 is 0 Å². The normalized spacial score (nSPS) is 11.2. The van der Waals surface area contributed by atoms with Gasteiger partial charge < -0.3 is 9.88 Å². The number of nitrogens with one attached hydrogen (secondary N) is 1. The van der Waals surface area contributed by atoms with Crippen LogP contribution in [-0.4, -0.2) is 24.3 Å². The van der Waals surface area contributed by atoms with E-state index in [9.17, 15) is 0 Å². The Hall–Kier alpha value is -3.15. The Labute approximate surface area is 146 Å². The molecule has 0 aliphatic rings. The highest BCUT2D eigenvalue weighted by atomic mass is 15.4. The summed E-state index contributed by atoms with van der Waals surface area (Å²) < 4.78 is 3.81. The van der Waals surface area contributed by atoms with Crippen molar-refractivity contribution in [3.63, 3.8) is 0 Å². The summed E-state index contributed by atoms with van der Waals surface area (Å²) in [5, 5.41) is 7.95. The molecule has 0 fully saturated rings. The number of hydrogen-bond acceptors (Lipinski definition) is 4. The lowest BCUT2D eigenvalue weighted by Crippen LogP contribution is -2.08. The molecular formula is C19H20N6. The van der Waals surface area contributed by atoms with Crippen molar-refractivity contribution < 1.29 is 0 Å². The summed E-state index contributed by atoms with van der Waals surface area (Å²) in [5.74, 6) is 1.34. The Morgan fingerprint density at radius 1 is 1.00 bits per heavy atom. The second kappa shape index (κ2) is 5.73. The van der Waals surface area contributed by atoms with Crippen molar-refractivity contribution in [3.8, 4) is 5.95 Å². The van der Waals surface area contributed by atoms with Gasteiger partial charge in [-0.3, -0.25) is 0 Å². The van der Waals surface area contributed by atoms with Crippen LogP contribution in [0.25, 0.3) is 17.0 Å². The van der Waals surface area contributed by atoms with Crippen molar-refractivity contribution in [3.05, 3.63) is 59.5 Å². The Bertz CT molecular complexity index is 1070. The molecule has 3 aromatic heterocycles. The molecule has 0 atom stereocenters. The van der Waals surface area contributed by atoms with Gasteiger partial charge in [-0.1, -0.05) is 12.1 Å². The van der Waals surface area contributed by atoms with Gasteiger partial charge in [-0.15, -0.1) is 0 Å². The van der Waals surface area contributed by atoms with E-state index in [1.807, 2.05) is 55.9 Å². The minimum Gasteiger partial charge on any atom is -0.346 e. The quantitative estimate of drug-likeness (QED) is 0.619. The van der Waals surface area contributed by atoms with Crippen LogP contribution in [0.3, 0.4) is 0 Å². The van der Waals surface area contributed by atoms with E-state index in [1.54, 1.807) is 4.68 Å². The third-order valence-electron chi connectivity index (χ3n) is 4.19. The summed E-state index contributed by atoms with van der Waals surface area (Å²) in [5.41, 5.74) is 6.00. The van der Waals surface area contributed by atoms with Crippen molar-refractivity contribution in [1.82, 2.24) is 24.3 Å². The fourth-order valence-electron chi connectivity index (χ4n) is 3.05. The molecule has 1 N–H and O–H groups in total. The Morgan fingerprint density at radius 2 is 1.84 bits per heavy atom. The lowest BCUT2D eigenvalue weighted by Gasteiger charge is -2.11. The van der Waals surface area contributed by atoms with Gasteiger partial charge in [0.25, 0.3) is 5.95 Å². The smallest absolute Gasteiger partial charge is 0.253 e. The Morgan fingerprint density at radius 3 is 2.56 bits per heavy atom. The highest BCUT2D eigenvalue weighted by Gasteiger charge is 2.14. The first kappa shape index (κ1) is 15.4. The number of aromatic nitrogens is 5. The molecule has 0 unspecified atom stereocenters. The fourth-order valence-corrected chi connectivity index (χ4v) is 3.05. The number of nitrogens with zero attached hydrogens (tertiary/aromatic N) is 5. The van der Waals surface area contributed by atoms with Crippen LogP contribution in [0.2, 0.25) is 0 Å². The Kier molecular flexibility index (Phi) is 3.53. The van der Waals surface area contributed by atoms with Crippen LogP contribution in [0.4, 0.5) is 11.5 Å². The van der Waals surface area contributed by atoms with Crippen molar-refractivity contribution >= 4 is 22.5 Å². The average molecular weight is 332 g/mol. The molecule has 0 radical (unpaired) electrons. The summed E-state index contributed by atoms with van der Waals surface area (Å²) in [6, 6.07) is 12.3. The van der Waals surface area contributed by atoms with E-state index in [-0.39, 0.29) is 0 Å². The number of fused-ring (bicyclic) bond motifs is 1. The van der Waals surface area contributed by atoms with E-state index < -0.39 is 0 Å². The first-order valence-corrected chi connectivity index (χ1v) is 8.21. The third-order valence-corrected chi connectivity index (χ3v) is 4.19. The van der Waals surface area contributed by atoms with Crippen LogP contribution in [0.15, 0.2) is 42.6 Å². The van der Waals surface area contributed by atoms with Gasteiger partial charge in [-0.25, -0.2) is 9.67 Å². The van der Waals surface area contributed by atoms with Gasteiger partial charge in [-0.2, -0.15) is 10.1 Å². The van der Waals surface area contributed by atoms with Gasteiger partial charge in [0.2, 0.25) is 0 Å². The van der Waals surface area contributed by atoms with Gasteiger partial charge in [-0.05, 0) is 50.6 Å². The second-order valence-electron chi connectivity index (χ2n) is 6.37. The molecule has 1 aromatic carbocycles. The van der Waals surface area contributed by atoms with Gasteiger partial charge in [0.05, 0.1) is 11.2 Å². The molecular weight excluding hydrogens is 312 g/mol. The van der Waals surface area contributed by atoms with Gasteiger partial charge in [0.15, 0.2) is 5.82 Å². The minimum absolute atomic E-state index is 0.569. The van der Waals surface area contributed by atoms with Gasteiger partial charge in [0.1, 0.15) is 5.52 Å². The lowest BCUT2D eigenvalue weighted by molar-refractivity contribution is 0.780. The van der Waals surface area contributed by atoms with Crippen LogP contribution < -0.4 is 5.32 Å². The van der Waals surface area contributed by atoms with E-state index in [4.69, 9.17) is 4.98 Å². The van der Waals surface area contributed by atoms with Crippen LogP contribution in [0, 0.1) is 20.8 Å².